The first-order chi connectivity index (χ1) is 11.9. The summed E-state index contributed by atoms with van der Waals surface area (Å²) in [6.07, 6.45) is 3.78. The number of nitrogens with zero attached hydrogens (tertiary/aromatic N) is 1. The van der Waals surface area contributed by atoms with E-state index in [1.807, 2.05) is 45.1 Å². The number of hydrogen-bond acceptors (Lipinski definition) is 4. The standard InChI is InChI=1S/C19H27NO5/c1-5-6-15-7-8-16(17(11-15)24-4)25-13-18(21)20(12-14(2)3)10-9-19(22)23/h5-8,11,14H,9-10,12-13H2,1-4H3,(H,22,23)/b6-5+. The molecule has 0 atom stereocenters. The molecule has 1 aromatic carbocycles. The molecule has 0 aliphatic rings. The van der Waals surface area contributed by atoms with E-state index in [0.717, 1.165) is 5.56 Å². The van der Waals surface area contributed by atoms with E-state index >= 15 is 0 Å². The molecule has 1 aromatic rings. The summed E-state index contributed by atoms with van der Waals surface area (Å²) < 4.78 is 10.9. The number of amides is 1. The van der Waals surface area contributed by atoms with Gasteiger partial charge in [0.15, 0.2) is 18.1 Å². The summed E-state index contributed by atoms with van der Waals surface area (Å²) in [4.78, 5) is 24.7. The average Bonchev–Trinajstić information content (AvgIpc) is 2.56. The third-order valence-electron chi connectivity index (χ3n) is 3.43. The van der Waals surface area contributed by atoms with Crippen molar-refractivity contribution >= 4 is 18.0 Å². The third-order valence-corrected chi connectivity index (χ3v) is 3.43. The molecule has 1 rings (SSSR count). The lowest BCUT2D eigenvalue weighted by atomic mass is 10.2. The van der Waals surface area contributed by atoms with Gasteiger partial charge in [0.1, 0.15) is 0 Å². The third kappa shape index (κ3) is 7.28. The minimum atomic E-state index is -0.927. The molecular weight excluding hydrogens is 322 g/mol. The van der Waals surface area contributed by atoms with Crippen LogP contribution in [0.15, 0.2) is 24.3 Å². The van der Waals surface area contributed by atoms with E-state index in [0.29, 0.717) is 18.0 Å². The number of carboxylic acid groups (broad SMARTS) is 1. The summed E-state index contributed by atoms with van der Waals surface area (Å²) in [6.45, 7) is 6.39. The predicted octanol–water partition coefficient (Wildman–Crippen LogP) is 3.07. The fourth-order valence-corrected chi connectivity index (χ4v) is 2.32. The highest BCUT2D eigenvalue weighted by atomic mass is 16.5. The normalized spacial score (nSPS) is 10.9. The fraction of sp³-hybridized carbons (Fsp3) is 0.474. The molecule has 25 heavy (non-hydrogen) atoms. The molecular formula is C19H27NO5. The number of ether oxygens (including phenoxy) is 2. The molecule has 0 aromatic heterocycles. The van der Waals surface area contributed by atoms with Crippen molar-refractivity contribution in [2.45, 2.75) is 27.2 Å². The first-order valence-electron chi connectivity index (χ1n) is 8.30. The van der Waals surface area contributed by atoms with E-state index in [9.17, 15) is 9.59 Å². The van der Waals surface area contributed by atoms with Crippen molar-refractivity contribution in [3.8, 4) is 11.5 Å². The Morgan fingerprint density at radius 3 is 2.56 bits per heavy atom. The van der Waals surface area contributed by atoms with Gasteiger partial charge in [-0.15, -0.1) is 0 Å². The number of methoxy groups -OCH3 is 1. The van der Waals surface area contributed by atoms with E-state index in [2.05, 4.69) is 0 Å². The number of carbonyl (C=O) groups excluding carboxylic acids is 1. The smallest absolute Gasteiger partial charge is 0.305 e. The van der Waals surface area contributed by atoms with Crippen molar-refractivity contribution in [2.75, 3.05) is 26.8 Å². The van der Waals surface area contributed by atoms with Crippen molar-refractivity contribution in [1.82, 2.24) is 4.90 Å². The largest absolute Gasteiger partial charge is 0.493 e. The molecule has 1 N–H and O–H groups in total. The summed E-state index contributed by atoms with van der Waals surface area (Å²) >= 11 is 0. The molecule has 0 unspecified atom stereocenters. The zero-order valence-corrected chi connectivity index (χ0v) is 15.3. The van der Waals surface area contributed by atoms with Gasteiger partial charge >= 0.3 is 5.97 Å². The molecule has 1 amide bonds. The quantitative estimate of drug-likeness (QED) is 0.702. The van der Waals surface area contributed by atoms with Gasteiger partial charge in [-0.05, 0) is 30.5 Å². The molecule has 0 saturated heterocycles. The minimum absolute atomic E-state index is 0.0835. The number of benzene rings is 1. The van der Waals surface area contributed by atoms with Crippen LogP contribution in [0.4, 0.5) is 0 Å². The zero-order chi connectivity index (χ0) is 18.8. The van der Waals surface area contributed by atoms with Gasteiger partial charge in [0.05, 0.1) is 13.5 Å². The van der Waals surface area contributed by atoms with Gasteiger partial charge < -0.3 is 19.5 Å². The van der Waals surface area contributed by atoms with Gasteiger partial charge in [-0.1, -0.05) is 32.1 Å². The molecule has 0 bridgehead atoms. The van der Waals surface area contributed by atoms with Crippen molar-refractivity contribution in [3.63, 3.8) is 0 Å². The summed E-state index contributed by atoms with van der Waals surface area (Å²) in [5.41, 5.74) is 0.973. The number of aliphatic carboxylic acids is 1. The predicted molar refractivity (Wildman–Crippen MR) is 96.9 cm³/mol. The van der Waals surface area contributed by atoms with E-state index in [4.69, 9.17) is 14.6 Å². The highest BCUT2D eigenvalue weighted by Crippen LogP contribution is 2.28. The van der Waals surface area contributed by atoms with Crippen molar-refractivity contribution in [3.05, 3.63) is 29.8 Å². The summed E-state index contributed by atoms with van der Waals surface area (Å²) in [5.74, 6) is 0.0989. The van der Waals surface area contributed by atoms with Crippen LogP contribution in [0.5, 0.6) is 11.5 Å². The SMILES string of the molecule is C/C=C/c1ccc(OCC(=O)N(CCC(=O)O)CC(C)C)c(OC)c1. The van der Waals surface area contributed by atoms with Crippen LogP contribution in [0.25, 0.3) is 6.08 Å². The zero-order valence-electron chi connectivity index (χ0n) is 15.3. The highest BCUT2D eigenvalue weighted by Gasteiger charge is 2.17. The second-order valence-electron chi connectivity index (χ2n) is 6.08. The lowest BCUT2D eigenvalue weighted by Gasteiger charge is -2.24. The maximum atomic E-state index is 12.4. The Morgan fingerprint density at radius 2 is 2.00 bits per heavy atom. The van der Waals surface area contributed by atoms with Gasteiger partial charge in [0.2, 0.25) is 0 Å². The van der Waals surface area contributed by atoms with Crippen LogP contribution < -0.4 is 9.47 Å². The average molecular weight is 349 g/mol. The van der Waals surface area contributed by atoms with Crippen LogP contribution in [-0.4, -0.2) is 48.7 Å². The maximum Gasteiger partial charge on any atom is 0.305 e. The Morgan fingerprint density at radius 1 is 1.28 bits per heavy atom. The Labute approximate surface area is 149 Å². The number of carboxylic acids is 1. The first-order valence-corrected chi connectivity index (χ1v) is 8.30. The molecule has 0 spiro atoms. The van der Waals surface area contributed by atoms with Crippen molar-refractivity contribution < 1.29 is 24.2 Å². The van der Waals surface area contributed by atoms with Gasteiger partial charge in [-0.25, -0.2) is 0 Å². The summed E-state index contributed by atoms with van der Waals surface area (Å²) in [6, 6.07) is 5.46. The van der Waals surface area contributed by atoms with Crippen LogP contribution >= 0.6 is 0 Å². The molecule has 0 heterocycles. The van der Waals surface area contributed by atoms with Gasteiger partial charge in [-0.3, -0.25) is 9.59 Å². The highest BCUT2D eigenvalue weighted by molar-refractivity contribution is 5.78. The second kappa shape index (κ2) is 10.4. The van der Waals surface area contributed by atoms with E-state index in [1.165, 1.54) is 4.90 Å². The molecule has 6 nitrogen and oxygen atoms in total. The number of allylic oxidation sites excluding steroid dienone is 1. The molecule has 6 heteroatoms. The van der Waals surface area contributed by atoms with Gasteiger partial charge in [-0.2, -0.15) is 0 Å². The Kier molecular flexibility index (Phi) is 8.53. The Balaban J connectivity index is 2.75. The number of hydrogen-bond donors (Lipinski definition) is 1. The maximum absolute atomic E-state index is 12.4. The van der Waals surface area contributed by atoms with Crippen LogP contribution in [0.2, 0.25) is 0 Å². The molecule has 0 saturated carbocycles. The number of rotatable bonds is 10. The second-order valence-corrected chi connectivity index (χ2v) is 6.08. The van der Waals surface area contributed by atoms with Crippen molar-refractivity contribution in [2.24, 2.45) is 5.92 Å². The Hall–Kier alpha value is -2.50. The van der Waals surface area contributed by atoms with Gasteiger partial charge in [0, 0.05) is 13.1 Å². The topological polar surface area (TPSA) is 76.1 Å². The molecule has 0 fully saturated rings. The minimum Gasteiger partial charge on any atom is -0.493 e. The number of carbonyl (C=O) groups is 2. The van der Waals surface area contributed by atoms with Gasteiger partial charge in [0.25, 0.3) is 5.91 Å². The van der Waals surface area contributed by atoms with E-state index in [1.54, 1.807) is 13.2 Å². The molecule has 0 radical (unpaired) electrons. The fourth-order valence-electron chi connectivity index (χ4n) is 2.32. The summed E-state index contributed by atoms with van der Waals surface area (Å²) in [7, 11) is 1.54. The van der Waals surface area contributed by atoms with Crippen LogP contribution in [0.1, 0.15) is 32.8 Å². The first kappa shape index (κ1) is 20.5. The van der Waals surface area contributed by atoms with Crippen LogP contribution in [0, 0.1) is 5.92 Å². The van der Waals surface area contributed by atoms with E-state index in [-0.39, 0.29) is 31.4 Å². The Bertz CT molecular complexity index is 610. The monoisotopic (exact) mass is 349 g/mol. The summed E-state index contributed by atoms with van der Waals surface area (Å²) in [5, 5.41) is 8.83. The molecule has 0 aliphatic carbocycles. The molecule has 0 aliphatic heterocycles. The molecule has 138 valence electrons. The van der Waals surface area contributed by atoms with Crippen LogP contribution in [0.3, 0.4) is 0 Å². The lowest BCUT2D eigenvalue weighted by Crippen LogP contribution is -2.39. The van der Waals surface area contributed by atoms with Crippen molar-refractivity contribution in [1.29, 1.82) is 0 Å². The van der Waals surface area contributed by atoms with E-state index < -0.39 is 5.97 Å². The lowest BCUT2D eigenvalue weighted by molar-refractivity contribution is -0.139. The van der Waals surface area contributed by atoms with Crippen LogP contribution in [-0.2, 0) is 9.59 Å².